The summed E-state index contributed by atoms with van der Waals surface area (Å²) in [6.45, 7) is 0.972. The molecule has 2 aromatic rings. The van der Waals surface area contributed by atoms with E-state index in [1.165, 1.54) is 0 Å². The van der Waals surface area contributed by atoms with Gasteiger partial charge < -0.3 is 5.32 Å². The van der Waals surface area contributed by atoms with Crippen molar-refractivity contribution >= 4 is 29.3 Å². The third-order valence-electron chi connectivity index (χ3n) is 4.27. The first-order chi connectivity index (χ1) is 13.5. The first-order valence-electron chi connectivity index (χ1n) is 8.35. The first-order valence-corrected chi connectivity index (χ1v) is 8.73. The molecule has 1 aromatic heterocycles. The summed E-state index contributed by atoms with van der Waals surface area (Å²) in [5.74, 6) is -5.35. The average molecular weight is 439 g/mol. The van der Waals surface area contributed by atoms with Crippen LogP contribution in [0.4, 0.5) is 38.1 Å². The Morgan fingerprint density at radius 3 is 2.28 bits per heavy atom. The van der Waals surface area contributed by atoms with Crippen LogP contribution in [-0.4, -0.2) is 34.6 Å². The third-order valence-corrected chi connectivity index (χ3v) is 4.54. The standard InChI is InChI=1S/C17H13ClF6N4O/c1-7(17(22,23)24)25-15-13(12-9(20)5-8(19)6-10(12)21)14(18)26-16(27-15)28-4-2-3-11(28)29/h5-7H,2-4H2,1H3,(H,25,26,27). The molecule has 1 aromatic carbocycles. The van der Waals surface area contributed by atoms with E-state index in [9.17, 15) is 31.1 Å². The molecular formula is C17H13ClF6N4O. The van der Waals surface area contributed by atoms with Gasteiger partial charge in [0.1, 0.15) is 34.5 Å². The summed E-state index contributed by atoms with van der Waals surface area (Å²) >= 11 is 6.04. The zero-order valence-electron chi connectivity index (χ0n) is 14.7. The monoisotopic (exact) mass is 438 g/mol. The fraction of sp³-hybridized carbons (Fsp3) is 0.353. The summed E-state index contributed by atoms with van der Waals surface area (Å²) in [5.41, 5.74) is -1.51. The highest BCUT2D eigenvalue weighted by Crippen LogP contribution is 2.39. The topological polar surface area (TPSA) is 58.1 Å². The van der Waals surface area contributed by atoms with Gasteiger partial charge in [0.25, 0.3) is 0 Å². The zero-order valence-corrected chi connectivity index (χ0v) is 15.5. The van der Waals surface area contributed by atoms with Gasteiger partial charge in [-0.05, 0) is 13.3 Å². The molecule has 12 heteroatoms. The smallest absolute Gasteiger partial charge is 0.358 e. The summed E-state index contributed by atoms with van der Waals surface area (Å²) in [6.07, 6.45) is -4.06. The van der Waals surface area contributed by atoms with Crippen molar-refractivity contribution in [2.24, 2.45) is 0 Å². The normalized spacial score (nSPS) is 15.7. The summed E-state index contributed by atoms with van der Waals surface area (Å²) in [6, 6.07) is -1.48. The Hall–Kier alpha value is -2.56. The molecule has 1 amide bonds. The largest absolute Gasteiger partial charge is 0.408 e. The molecular weight excluding hydrogens is 426 g/mol. The molecule has 0 spiro atoms. The molecule has 3 rings (SSSR count). The van der Waals surface area contributed by atoms with Gasteiger partial charge in [0, 0.05) is 25.1 Å². The average Bonchev–Trinajstić information content (AvgIpc) is 3.01. The van der Waals surface area contributed by atoms with Crippen LogP contribution in [0.3, 0.4) is 0 Å². The molecule has 2 heterocycles. The lowest BCUT2D eigenvalue weighted by Crippen LogP contribution is -2.34. The Morgan fingerprint density at radius 1 is 1.14 bits per heavy atom. The van der Waals surface area contributed by atoms with Crippen LogP contribution in [0.2, 0.25) is 5.15 Å². The molecule has 0 radical (unpaired) electrons. The Balaban J connectivity index is 2.20. The van der Waals surface area contributed by atoms with E-state index in [0.29, 0.717) is 18.6 Å². The molecule has 5 nitrogen and oxygen atoms in total. The van der Waals surface area contributed by atoms with Crippen molar-refractivity contribution in [1.29, 1.82) is 0 Å². The second-order valence-corrected chi connectivity index (χ2v) is 6.70. The van der Waals surface area contributed by atoms with Gasteiger partial charge in [0.15, 0.2) is 0 Å². The zero-order chi connectivity index (χ0) is 21.5. The molecule has 0 aliphatic carbocycles. The molecule has 1 unspecified atom stereocenters. The Bertz CT molecular complexity index is 945. The highest BCUT2D eigenvalue weighted by molar-refractivity contribution is 6.33. The minimum atomic E-state index is -4.72. The Kier molecular flexibility index (Phi) is 5.61. The van der Waals surface area contributed by atoms with Crippen LogP contribution in [0.5, 0.6) is 0 Å². The van der Waals surface area contributed by atoms with Crippen LogP contribution >= 0.6 is 11.6 Å². The van der Waals surface area contributed by atoms with E-state index >= 15 is 0 Å². The van der Waals surface area contributed by atoms with E-state index < -0.39 is 51.8 Å². The molecule has 0 bridgehead atoms. The molecule has 1 saturated heterocycles. The van der Waals surface area contributed by atoms with Crippen LogP contribution < -0.4 is 10.2 Å². The maximum Gasteiger partial charge on any atom is 0.408 e. The molecule has 0 saturated carbocycles. The molecule has 1 atom stereocenters. The number of aromatic nitrogens is 2. The number of halogens is 7. The third kappa shape index (κ3) is 4.24. The van der Waals surface area contributed by atoms with E-state index in [-0.39, 0.29) is 24.8 Å². The van der Waals surface area contributed by atoms with E-state index in [1.807, 2.05) is 5.32 Å². The second kappa shape index (κ2) is 7.69. The number of benzene rings is 1. The lowest BCUT2D eigenvalue weighted by molar-refractivity contribution is -0.138. The fourth-order valence-electron chi connectivity index (χ4n) is 2.80. The SMILES string of the molecule is CC(Nc1nc(N2CCCC2=O)nc(Cl)c1-c1c(F)cc(F)cc1F)C(F)(F)F. The summed E-state index contributed by atoms with van der Waals surface area (Å²) in [4.78, 5) is 20.7. The number of nitrogens with zero attached hydrogens (tertiary/aromatic N) is 3. The van der Waals surface area contributed by atoms with Gasteiger partial charge in [-0.3, -0.25) is 9.69 Å². The van der Waals surface area contributed by atoms with Crippen molar-refractivity contribution < 1.29 is 31.1 Å². The van der Waals surface area contributed by atoms with Gasteiger partial charge in [-0.2, -0.15) is 23.1 Å². The van der Waals surface area contributed by atoms with Crippen LogP contribution in [0.25, 0.3) is 11.1 Å². The van der Waals surface area contributed by atoms with E-state index in [0.717, 1.165) is 11.8 Å². The number of anilines is 2. The predicted molar refractivity (Wildman–Crippen MR) is 93.1 cm³/mol. The number of hydrogen-bond donors (Lipinski definition) is 1. The van der Waals surface area contributed by atoms with E-state index in [4.69, 9.17) is 11.6 Å². The predicted octanol–water partition coefficient (Wildman–Crippen LogP) is 4.70. The Labute approximate surface area is 165 Å². The van der Waals surface area contributed by atoms with Gasteiger partial charge in [-0.15, -0.1) is 0 Å². The number of amides is 1. The molecule has 1 fully saturated rings. The minimum Gasteiger partial charge on any atom is -0.358 e. The first kappa shape index (κ1) is 21.2. The quantitative estimate of drug-likeness (QED) is 0.555. The molecule has 1 aliphatic heterocycles. The molecule has 29 heavy (non-hydrogen) atoms. The van der Waals surface area contributed by atoms with Crippen molar-refractivity contribution in [3.8, 4) is 11.1 Å². The molecule has 156 valence electrons. The second-order valence-electron chi connectivity index (χ2n) is 6.34. The number of carbonyl (C=O) groups excluding carboxylic acids is 1. The summed E-state index contributed by atoms with van der Waals surface area (Å²) in [5, 5.41) is 1.41. The number of alkyl halides is 3. The minimum absolute atomic E-state index is 0.186. The van der Waals surface area contributed by atoms with Gasteiger partial charge in [-0.1, -0.05) is 11.6 Å². The van der Waals surface area contributed by atoms with Gasteiger partial charge in [0.05, 0.1) is 11.1 Å². The summed E-state index contributed by atoms with van der Waals surface area (Å²) < 4.78 is 80.9. The number of nitrogens with one attached hydrogen (secondary N) is 1. The molecule has 1 aliphatic rings. The van der Waals surface area contributed by atoms with Crippen LogP contribution in [0.1, 0.15) is 19.8 Å². The van der Waals surface area contributed by atoms with Crippen molar-refractivity contribution in [1.82, 2.24) is 9.97 Å². The summed E-state index contributed by atoms with van der Waals surface area (Å²) in [7, 11) is 0. The maximum atomic E-state index is 14.3. The van der Waals surface area contributed by atoms with E-state index in [1.54, 1.807) is 0 Å². The van der Waals surface area contributed by atoms with Crippen molar-refractivity contribution in [2.75, 3.05) is 16.8 Å². The van der Waals surface area contributed by atoms with Crippen molar-refractivity contribution in [2.45, 2.75) is 32.0 Å². The Morgan fingerprint density at radius 2 is 1.76 bits per heavy atom. The number of carbonyl (C=O) groups is 1. The lowest BCUT2D eigenvalue weighted by atomic mass is 10.1. The van der Waals surface area contributed by atoms with Gasteiger partial charge >= 0.3 is 6.18 Å². The number of rotatable bonds is 4. The van der Waals surface area contributed by atoms with Crippen molar-refractivity contribution in [3.63, 3.8) is 0 Å². The van der Waals surface area contributed by atoms with Gasteiger partial charge in [0.2, 0.25) is 11.9 Å². The lowest BCUT2D eigenvalue weighted by Gasteiger charge is -2.22. The van der Waals surface area contributed by atoms with Crippen molar-refractivity contribution in [3.05, 3.63) is 34.7 Å². The van der Waals surface area contributed by atoms with Gasteiger partial charge in [-0.25, -0.2) is 13.2 Å². The highest BCUT2D eigenvalue weighted by Gasteiger charge is 2.38. The molecule has 1 N–H and O–H groups in total. The highest BCUT2D eigenvalue weighted by atomic mass is 35.5. The number of hydrogen-bond acceptors (Lipinski definition) is 4. The van der Waals surface area contributed by atoms with Crippen LogP contribution in [0, 0.1) is 17.5 Å². The van der Waals surface area contributed by atoms with Crippen LogP contribution in [-0.2, 0) is 4.79 Å². The maximum absolute atomic E-state index is 14.3. The van der Waals surface area contributed by atoms with E-state index in [2.05, 4.69) is 9.97 Å². The fourth-order valence-corrected chi connectivity index (χ4v) is 3.06. The van der Waals surface area contributed by atoms with Crippen LogP contribution in [0.15, 0.2) is 12.1 Å².